The molecular weight excluding hydrogens is 242 g/mol. The van der Waals surface area contributed by atoms with Crippen molar-refractivity contribution in [2.45, 2.75) is 16.7 Å². The molecule has 0 aromatic heterocycles. The van der Waals surface area contributed by atoms with Crippen LogP contribution in [0, 0.1) is 6.92 Å². The van der Waals surface area contributed by atoms with E-state index in [1.54, 1.807) is 12.1 Å². The molecule has 1 aliphatic heterocycles. The Morgan fingerprint density at radius 1 is 1.11 bits per heavy atom. The number of hydrogen-bond donors (Lipinski definition) is 0. The minimum atomic E-state index is -1.21. The van der Waals surface area contributed by atoms with Crippen LogP contribution < -0.4 is 10.2 Å². The summed E-state index contributed by atoms with van der Waals surface area (Å²) in [5.74, 6) is 1.30. The highest BCUT2D eigenvalue weighted by molar-refractivity contribution is 7.85. The maximum absolute atomic E-state index is 12.5. The molecule has 18 heavy (non-hydrogen) atoms. The molecule has 1 unspecified atom stereocenters. The topological polar surface area (TPSA) is 26.3 Å². The fourth-order valence-electron chi connectivity index (χ4n) is 1.94. The monoisotopic (exact) mass is 251 g/mol. The van der Waals surface area contributed by atoms with Crippen LogP contribution in [0.3, 0.4) is 0 Å². The zero-order valence-electron chi connectivity index (χ0n) is 9.84. The van der Waals surface area contributed by atoms with Crippen molar-refractivity contribution in [3.05, 3.63) is 42.0 Å². The second-order valence-corrected chi connectivity index (χ2v) is 5.61. The molecule has 0 fully saturated rings. The van der Waals surface area contributed by atoms with Gasteiger partial charge in [-0.2, -0.15) is 0 Å². The van der Waals surface area contributed by atoms with E-state index >= 15 is 0 Å². The lowest BCUT2D eigenvalue weighted by molar-refractivity contribution is 0.450. The Kier molecular flexibility index (Phi) is 2.78. The van der Waals surface area contributed by atoms with E-state index in [0.717, 1.165) is 15.9 Å². The maximum atomic E-state index is 12.5. The number of ether oxygens (including phenoxy) is 1. The van der Waals surface area contributed by atoms with Gasteiger partial charge < -0.3 is 4.74 Å². The summed E-state index contributed by atoms with van der Waals surface area (Å²) in [7, 11) is 5.76. The smallest absolute Gasteiger partial charge is 0.144 e. The van der Waals surface area contributed by atoms with Crippen LogP contribution in [0.25, 0.3) is 0 Å². The molecule has 0 saturated carbocycles. The van der Waals surface area contributed by atoms with Gasteiger partial charge in [0.2, 0.25) is 0 Å². The average Bonchev–Trinajstić information content (AvgIpc) is 2.40. The quantitative estimate of drug-likeness (QED) is 0.615. The van der Waals surface area contributed by atoms with Gasteiger partial charge in [-0.15, -0.1) is 0 Å². The van der Waals surface area contributed by atoms with E-state index in [-0.39, 0.29) is 0 Å². The number of benzene rings is 2. The van der Waals surface area contributed by atoms with Gasteiger partial charge in [0.1, 0.15) is 11.5 Å². The fraction of sp³-hybridized carbons (Fsp3) is 0.0769. The van der Waals surface area contributed by atoms with Crippen LogP contribution in [-0.2, 0) is 10.8 Å². The normalized spacial score (nSPS) is 16.4. The number of fused-ring (bicyclic) bond motifs is 2. The summed E-state index contributed by atoms with van der Waals surface area (Å²) in [5, 5.41) is 0. The lowest BCUT2D eigenvalue weighted by atomic mass is 9.51. The first kappa shape index (κ1) is 11.6. The third kappa shape index (κ3) is 1.79. The van der Waals surface area contributed by atoms with E-state index in [1.165, 1.54) is 7.17 Å². The minimum absolute atomic E-state index is 0.635. The van der Waals surface area contributed by atoms with Gasteiger partial charge in [-0.3, -0.25) is 0 Å². The molecule has 85 valence electrons. The third-order valence-corrected chi connectivity index (χ3v) is 4.32. The van der Waals surface area contributed by atoms with E-state index in [0.29, 0.717) is 16.4 Å². The van der Waals surface area contributed by atoms with Crippen LogP contribution in [-0.4, -0.2) is 19.1 Å². The molecule has 2 aromatic carbocycles. The minimum Gasteiger partial charge on any atom is -0.455 e. The molecule has 2 aromatic rings. The van der Waals surface area contributed by atoms with Gasteiger partial charge in [0.05, 0.1) is 27.8 Å². The standard InChI is InChI=1S/C13H9B2O2S/c1-8-2-4-10-12(6-8)18(16)13-7-9(15-14)3-5-11(13)17-10/h2-7H,1H3. The van der Waals surface area contributed by atoms with Crippen molar-refractivity contribution in [1.82, 2.24) is 0 Å². The SMILES string of the molecule is [B][B]c1ccc2c(c1)S(=O)c1cc(C)ccc1O2. The van der Waals surface area contributed by atoms with E-state index in [2.05, 4.69) is 0 Å². The molecule has 0 spiro atoms. The van der Waals surface area contributed by atoms with E-state index in [4.69, 9.17) is 12.5 Å². The first-order valence-electron chi connectivity index (χ1n) is 5.58. The van der Waals surface area contributed by atoms with Crippen molar-refractivity contribution in [3.63, 3.8) is 0 Å². The molecule has 1 heterocycles. The molecule has 0 N–H and O–H groups in total. The number of hydrogen-bond acceptors (Lipinski definition) is 2. The van der Waals surface area contributed by atoms with E-state index in [1.807, 2.05) is 31.2 Å². The molecule has 1 atom stereocenters. The molecule has 3 rings (SSSR count). The second-order valence-electron chi connectivity index (χ2n) is 4.19. The van der Waals surface area contributed by atoms with E-state index in [9.17, 15) is 4.21 Å². The Labute approximate surface area is 110 Å². The van der Waals surface area contributed by atoms with Gasteiger partial charge in [0.25, 0.3) is 0 Å². The van der Waals surface area contributed by atoms with E-state index < -0.39 is 10.8 Å². The lowest BCUT2D eigenvalue weighted by Gasteiger charge is -2.20. The molecule has 3 radical (unpaired) electrons. The Hall–Kier alpha value is -1.48. The van der Waals surface area contributed by atoms with Crippen molar-refractivity contribution < 1.29 is 8.95 Å². The van der Waals surface area contributed by atoms with Crippen LogP contribution in [0.5, 0.6) is 11.5 Å². The summed E-state index contributed by atoms with van der Waals surface area (Å²) in [6.07, 6.45) is 0. The largest absolute Gasteiger partial charge is 0.455 e. The van der Waals surface area contributed by atoms with Crippen molar-refractivity contribution in [2.24, 2.45) is 0 Å². The van der Waals surface area contributed by atoms with Crippen LogP contribution in [0.2, 0.25) is 0 Å². The molecule has 0 saturated heterocycles. The van der Waals surface area contributed by atoms with Gasteiger partial charge in [-0.1, -0.05) is 17.6 Å². The van der Waals surface area contributed by atoms with Crippen molar-refractivity contribution in [3.8, 4) is 11.5 Å². The van der Waals surface area contributed by atoms with Gasteiger partial charge in [-0.05, 0) is 36.8 Å². The highest BCUT2D eigenvalue weighted by Crippen LogP contribution is 2.39. The highest BCUT2D eigenvalue weighted by atomic mass is 32.2. The first-order valence-corrected chi connectivity index (χ1v) is 6.73. The lowest BCUT2D eigenvalue weighted by Crippen LogP contribution is -2.16. The first-order chi connectivity index (χ1) is 8.69. The van der Waals surface area contributed by atoms with Crippen LogP contribution in [0.4, 0.5) is 0 Å². The average molecular weight is 251 g/mol. The summed E-state index contributed by atoms with van der Waals surface area (Å²) < 4.78 is 18.3. The molecule has 5 heteroatoms. The van der Waals surface area contributed by atoms with Gasteiger partial charge >= 0.3 is 0 Å². The molecular formula is C13H9B2O2S. The van der Waals surface area contributed by atoms with Crippen LogP contribution in [0.15, 0.2) is 46.2 Å². The number of aryl methyl sites for hydroxylation is 1. The Morgan fingerprint density at radius 2 is 1.78 bits per heavy atom. The zero-order valence-corrected chi connectivity index (χ0v) is 10.7. The second kappa shape index (κ2) is 4.32. The van der Waals surface area contributed by atoms with Gasteiger partial charge in [0, 0.05) is 7.74 Å². The summed E-state index contributed by atoms with van der Waals surface area (Å²) in [4.78, 5) is 1.39. The maximum Gasteiger partial charge on any atom is 0.144 e. The van der Waals surface area contributed by atoms with Crippen molar-refractivity contribution in [2.75, 3.05) is 0 Å². The molecule has 0 aliphatic carbocycles. The highest BCUT2D eigenvalue weighted by Gasteiger charge is 2.23. The molecule has 2 nitrogen and oxygen atoms in total. The van der Waals surface area contributed by atoms with Crippen molar-refractivity contribution >= 4 is 31.2 Å². The summed E-state index contributed by atoms with van der Waals surface area (Å²) in [6, 6.07) is 11.1. The van der Waals surface area contributed by atoms with Gasteiger partial charge in [0.15, 0.2) is 0 Å². The molecule has 1 aliphatic rings. The zero-order chi connectivity index (χ0) is 12.7. The molecule has 0 bridgehead atoms. The Bertz CT molecular complexity index is 655. The van der Waals surface area contributed by atoms with Crippen LogP contribution >= 0.6 is 0 Å². The third-order valence-electron chi connectivity index (χ3n) is 2.88. The summed E-state index contributed by atoms with van der Waals surface area (Å²) in [5.41, 5.74) is 1.90. The van der Waals surface area contributed by atoms with Crippen LogP contribution in [0.1, 0.15) is 5.56 Å². The van der Waals surface area contributed by atoms with Crippen molar-refractivity contribution in [1.29, 1.82) is 0 Å². The predicted octanol–water partition coefficient (Wildman–Crippen LogP) is 1.68. The predicted molar refractivity (Wildman–Crippen MR) is 73.5 cm³/mol. The fourth-order valence-corrected chi connectivity index (χ4v) is 3.30. The van der Waals surface area contributed by atoms with Gasteiger partial charge in [-0.25, -0.2) is 4.21 Å². The number of rotatable bonds is 1. The molecule has 0 amide bonds. The Balaban J connectivity index is 2.16. The summed E-state index contributed by atoms with van der Waals surface area (Å²) in [6.45, 7) is 1.97. The Morgan fingerprint density at radius 3 is 2.50 bits per heavy atom. The summed E-state index contributed by atoms with van der Waals surface area (Å²) >= 11 is 0.